The van der Waals surface area contributed by atoms with Crippen LogP contribution in [-0.4, -0.2) is 69.1 Å². The largest absolute Gasteiger partial charge is 0.383 e. The van der Waals surface area contributed by atoms with Gasteiger partial charge in [0.25, 0.3) is 0 Å². The Morgan fingerprint density at radius 3 is 2.68 bits per heavy atom. The van der Waals surface area contributed by atoms with Gasteiger partial charge in [0.2, 0.25) is 0 Å². The summed E-state index contributed by atoms with van der Waals surface area (Å²) >= 11 is 1.88. The summed E-state index contributed by atoms with van der Waals surface area (Å²) in [5.41, 5.74) is 0. The molecule has 1 saturated carbocycles. The number of nitrogens with one attached hydrogen (secondary N) is 2. The third kappa shape index (κ3) is 8.12. The molecule has 0 saturated heterocycles. The van der Waals surface area contributed by atoms with Crippen LogP contribution in [0.3, 0.4) is 0 Å². The molecule has 1 aliphatic rings. The summed E-state index contributed by atoms with van der Waals surface area (Å²) in [6.45, 7) is 6.87. The van der Waals surface area contributed by atoms with Crippen LogP contribution in [0.2, 0.25) is 0 Å². The highest BCUT2D eigenvalue weighted by Crippen LogP contribution is 2.26. The van der Waals surface area contributed by atoms with E-state index in [1.807, 2.05) is 18.8 Å². The van der Waals surface area contributed by atoms with Crippen molar-refractivity contribution < 1.29 is 4.74 Å². The number of methoxy groups -OCH3 is 1. The number of nitrogens with zero attached hydrogens (tertiary/aromatic N) is 2. The highest BCUT2D eigenvalue weighted by atomic mass is 32.2. The van der Waals surface area contributed by atoms with Crippen LogP contribution in [-0.2, 0) is 4.74 Å². The smallest absolute Gasteiger partial charge is 0.191 e. The molecule has 0 heterocycles. The average molecular weight is 365 g/mol. The zero-order valence-electron chi connectivity index (χ0n) is 15.7. The fourth-order valence-corrected chi connectivity index (χ4v) is 3.62. The average Bonchev–Trinajstić information content (AvgIpc) is 3.46. The molecule has 5 nitrogen and oxygen atoms in total. The van der Waals surface area contributed by atoms with Crippen LogP contribution in [0.5, 0.6) is 0 Å². The molecule has 0 bridgehead atoms. The number of hydrogen-bond donors (Lipinski definition) is 2. The summed E-state index contributed by atoms with van der Waals surface area (Å²) in [6, 6.07) is 11.3. The Morgan fingerprint density at radius 2 is 2.04 bits per heavy atom. The van der Waals surface area contributed by atoms with E-state index in [4.69, 9.17) is 4.74 Å². The lowest BCUT2D eigenvalue weighted by molar-refractivity contribution is 0.144. The van der Waals surface area contributed by atoms with Gasteiger partial charge >= 0.3 is 0 Å². The van der Waals surface area contributed by atoms with E-state index in [9.17, 15) is 0 Å². The number of ether oxygens (including phenoxy) is 1. The minimum Gasteiger partial charge on any atom is -0.383 e. The lowest BCUT2D eigenvalue weighted by Crippen LogP contribution is -2.44. The van der Waals surface area contributed by atoms with Crippen molar-refractivity contribution in [3.8, 4) is 0 Å². The number of rotatable bonds is 11. The van der Waals surface area contributed by atoms with Crippen LogP contribution >= 0.6 is 11.8 Å². The van der Waals surface area contributed by atoms with Crippen LogP contribution in [0.25, 0.3) is 0 Å². The SMILES string of the molecule is CN=C(NCCN(CCOC)C1CC1)NCC(C)Sc1ccccc1. The molecule has 0 spiro atoms. The van der Waals surface area contributed by atoms with Gasteiger partial charge < -0.3 is 15.4 Å². The Kier molecular flexibility index (Phi) is 9.15. The van der Waals surface area contributed by atoms with E-state index in [0.717, 1.165) is 44.8 Å². The molecule has 6 heteroatoms. The monoisotopic (exact) mass is 364 g/mol. The van der Waals surface area contributed by atoms with Gasteiger partial charge in [-0.2, -0.15) is 0 Å². The Labute approximate surface area is 156 Å². The molecule has 1 aromatic rings. The number of guanidine groups is 1. The Balaban J connectivity index is 1.64. The van der Waals surface area contributed by atoms with Crippen molar-refractivity contribution >= 4 is 17.7 Å². The summed E-state index contributed by atoms with van der Waals surface area (Å²) < 4.78 is 5.21. The van der Waals surface area contributed by atoms with E-state index in [1.54, 1.807) is 7.11 Å². The minimum absolute atomic E-state index is 0.477. The third-order valence-corrected chi connectivity index (χ3v) is 5.31. The predicted octanol–water partition coefficient (Wildman–Crippen LogP) is 2.44. The van der Waals surface area contributed by atoms with Crippen LogP contribution in [0.15, 0.2) is 40.2 Å². The van der Waals surface area contributed by atoms with Crippen molar-refractivity contribution in [2.24, 2.45) is 4.99 Å². The molecule has 0 amide bonds. The highest BCUT2D eigenvalue weighted by Gasteiger charge is 2.28. The maximum absolute atomic E-state index is 5.21. The molecule has 2 N–H and O–H groups in total. The van der Waals surface area contributed by atoms with E-state index < -0.39 is 0 Å². The molecule has 1 unspecified atom stereocenters. The lowest BCUT2D eigenvalue weighted by Gasteiger charge is -2.22. The van der Waals surface area contributed by atoms with E-state index in [-0.39, 0.29) is 0 Å². The van der Waals surface area contributed by atoms with Crippen LogP contribution in [0.4, 0.5) is 0 Å². The quantitative estimate of drug-likeness (QED) is 0.359. The number of aliphatic imine (C=N–C) groups is 1. The summed E-state index contributed by atoms with van der Waals surface area (Å²) in [5, 5.41) is 7.33. The molecule has 1 aliphatic carbocycles. The van der Waals surface area contributed by atoms with E-state index >= 15 is 0 Å². The Hall–Kier alpha value is -1.24. The molecular formula is C19H32N4OS. The van der Waals surface area contributed by atoms with Gasteiger partial charge in [-0.3, -0.25) is 9.89 Å². The van der Waals surface area contributed by atoms with Crippen molar-refractivity contribution in [3.63, 3.8) is 0 Å². The molecule has 1 fully saturated rings. The number of benzene rings is 1. The van der Waals surface area contributed by atoms with Crippen LogP contribution < -0.4 is 10.6 Å². The van der Waals surface area contributed by atoms with E-state index in [1.165, 1.54) is 17.7 Å². The first-order valence-corrected chi connectivity index (χ1v) is 10.00. The van der Waals surface area contributed by atoms with Crippen LogP contribution in [0.1, 0.15) is 19.8 Å². The zero-order chi connectivity index (χ0) is 17.9. The maximum Gasteiger partial charge on any atom is 0.191 e. The summed E-state index contributed by atoms with van der Waals surface area (Å²) in [7, 11) is 3.59. The van der Waals surface area contributed by atoms with E-state index in [0.29, 0.717) is 5.25 Å². The number of hydrogen-bond acceptors (Lipinski definition) is 4. The van der Waals surface area contributed by atoms with Crippen molar-refractivity contribution in [2.45, 2.75) is 36.0 Å². The molecule has 1 atom stereocenters. The lowest BCUT2D eigenvalue weighted by atomic mass is 10.4. The van der Waals surface area contributed by atoms with Gasteiger partial charge in [-0.15, -0.1) is 11.8 Å². The van der Waals surface area contributed by atoms with Gasteiger partial charge in [0.1, 0.15) is 0 Å². The second kappa shape index (κ2) is 11.4. The first kappa shape index (κ1) is 20.1. The van der Waals surface area contributed by atoms with Crippen molar-refractivity contribution in [3.05, 3.63) is 30.3 Å². The molecule has 0 aliphatic heterocycles. The van der Waals surface area contributed by atoms with Crippen molar-refractivity contribution in [2.75, 3.05) is 46.9 Å². The maximum atomic E-state index is 5.21. The van der Waals surface area contributed by atoms with Gasteiger partial charge in [0, 0.05) is 56.5 Å². The van der Waals surface area contributed by atoms with Gasteiger partial charge in [-0.1, -0.05) is 25.1 Å². The van der Waals surface area contributed by atoms with E-state index in [2.05, 4.69) is 57.8 Å². The molecular weight excluding hydrogens is 332 g/mol. The fourth-order valence-electron chi connectivity index (χ4n) is 2.68. The van der Waals surface area contributed by atoms with Crippen molar-refractivity contribution in [1.29, 1.82) is 0 Å². The molecule has 140 valence electrons. The van der Waals surface area contributed by atoms with Crippen molar-refractivity contribution in [1.82, 2.24) is 15.5 Å². The topological polar surface area (TPSA) is 48.9 Å². The summed E-state index contributed by atoms with van der Waals surface area (Å²) in [5.74, 6) is 0.878. The standard InChI is InChI=1S/C19H32N4OS/c1-16(25-18-7-5-4-6-8-18)15-22-19(20-2)21-11-12-23(13-14-24-3)17-9-10-17/h4-8,16-17H,9-15H2,1-3H3,(H2,20,21,22). The molecule has 25 heavy (non-hydrogen) atoms. The molecule has 2 rings (SSSR count). The second-order valence-corrected chi connectivity index (χ2v) is 7.89. The van der Waals surface area contributed by atoms with Gasteiger partial charge in [0.15, 0.2) is 5.96 Å². The molecule has 1 aromatic carbocycles. The first-order chi connectivity index (χ1) is 12.2. The first-order valence-electron chi connectivity index (χ1n) is 9.12. The molecule has 0 aromatic heterocycles. The predicted molar refractivity (Wildman–Crippen MR) is 108 cm³/mol. The van der Waals surface area contributed by atoms with Gasteiger partial charge in [0.05, 0.1) is 6.61 Å². The number of thioether (sulfide) groups is 1. The zero-order valence-corrected chi connectivity index (χ0v) is 16.5. The van der Waals surface area contributed by atoms with Gasteiger partial charge in [-0.05, 0) is 25.0 Å². The minimum atomic E-state index is 0.477. The normalized spacial score (nSPS) is 16.1. The molecule has 0 radical (unpaired) electrons. The van der Waals surface area contributed by atoms with Crippen LogP contribution in [0, 0.1) is 0 Å². The Morgan fingerprint density at radius 1 is 1.28 bits per heavy atom. The van der Waals surface area contributed by atoms with Gasteiger partial charge in [-0.25, -0.2) is 0 Å². The Bertz CT molecular complexity index is 507. The highest BCUT2D eigenvalue weighted by molar-refractivity contribution is 8.00. The second-order valence-electron chi connectivity index (χ2n) is 6.38. The summed E-state index contributed by atoms with van der Waals surface area (Å²) in [6.07, 6.45) is 2.65. The summed E-state index contributed by atoms with van der Waals surface area (Å²) in [4.78, 5) is 8.14. The third-order valence-electron chi connectivity index (χ3n) is 4.20. The fraction of sp³-hybridized carbons (Fsp3) is 0.632.